The van der Waals surface area contributed by atoms with Crippen molar-refractivity contribution in [3.05, 3.63) is 60.7 Å². The molecule has 1 saturated carbocycles. The number of para-hydroxylation sites is 1. The average Bonchev–Trinajstić information content (AvgIpc) is 3.54. The van der Waals surface area contributed by atoms with E-state index in [4.69, 9.17) is 15.6 Å². The normalized spacial score (nSPS) is 19.9. The summed E-state index contributed by atoms with van der Waals surface area (Å²) < 4.78 is 22.8. The minimum atomic E-state index is -0.489. The van der Waals surface area contributed by atoms with Crippen molar-refractivity contribution in [3.63, 3.8) is 0 Å². The maximum Gasteiger partial charge on any atom is 0.210 e. The first-order chi connectivity index (χ1) is 17.1. The van der Waals surface area contributed by atoms with E-state index < -0.39 is 5.82 Å². The van der Waals surface area contributed by atoms with Crippen molar-refractivity contribution in [2.24, 2.45) is 11.8 Å². The lowest BCUT2D eigenvalue weighted by molar-refractivity contribution is -0.119. The molecule has 3 heterocycles. The fourth-order valence-electron chi connectivity index (χ4n) is 5.12. The van der Waals surface area contributed by atoms with Gasteiger partial charge in [0.15, 0.2) is 5.65 Å². The number of hydrogen-bond acceptors (Lipinski definition) is 6. The number of nitrogen functional groups attached to an aromatic ring is 1. The Bertz CT molecular complexity index is 1390. The molecule has 0 radical (unpaired) electrons. The summed E-state index contributed by atoms with van der Waals surface area (Å²) in [5, 5.41) is 5.22. The third kappa shape index (κ3) is 4.07. The van der Waals surface area contributed by atoms with Crippen molar-refractivity contribution in [2.45, 2.75) is 31.8 Å². The molecule has 2 aromatic carbocycles. The lowest BCUT2D eigenvalue weighted by Crippen LogP contribution is -2.32. The summed E-state index contributed by atoms with van der Waals surface area (Å²) in [7, 11) is 0. The van der Waals surface area contributed by atoms with Crippen LogP contribution < -0.4 is 10.5 Å². The van der Waals surface area contributed by atoms with Crippen LogP contribution in [0.4, 0.5) is 10.2 Å². The number of halogens is 1. The Kier molecular flexibility index (Phi) is 5.32. The van der Waals surface area contributed by atoms with Gasteiger partial charge in [0.05, 0.1) is 18.0 Å². The molecule has 4 aromatic rings. The molecule has 8 nitrogen and oxygen atoms in total. The van der Waals surface area contributed by atoms with Crippen LogP contribution in [0.5, 0.6) is 11.5 Å². The van der Waals surface area contributed by atoms with Crippen LogP contribution >= 0.6 is 0 Å². The standard InChI is InChI=1S/C26H25FN6O2/c27-22-11-20(35-19-4-2-1-3-5-19)8-9-21(22)24-23-25(28)29-14-30-26(23)33(31-24)13-18-10-17(16-6-7-16)12-32(18)15-34/h1-5,8-9,11,14-18H,6-7,10,12-13H2,(H2,28,29,30)/t17?,18-/m1/s1. The number of anilines is 1. The molecule has 1 aliphatic carbocycles. The van der Waals surface area contributed by atoms with Crippen molar-refractivity contribution in [1.82, 2.24) is 24.6 Å². The molecule has 9 heteroatoms. The van der Waals surface area contributed by atoms with E-state index in [1.807, 2.05) is 23.1 Å². The van der Waals surface area contributed by atoms with Crippen molar-refractivity contribution >= 4 is 23.3 Å². The molecule has 178 valence electrons. The van der Waals surface area contributed by atoms with Crippen molar-refractivity contribution in [2.75, 3.05) is 12.3 Å². The molecule has 2 aliphatic rings. The fourth-order valence-corrected chi connectivity index (χ4v) is 5.12. The number of likely N-dealkylation sites (tertiary alicyclic amines) is 1. The zero-order chi connectivity index (χ0) is 23.9. The predicted octanol–water partition coefficient (Wildman–Crippen LogP) is 4.26. The second-order valence-corrected chi connectivity index (χ2v) is 9.33. The lowest BCUT2D eigenvalue weighted by atomic mass is 10.0. The van der Waals surface area contributed by atoms with E-state index in [-0.39, 0.29) is 17.4 Å². The maximum atomic E-state index is 15.3. The van der Waals surface area contributed by atoms with Gasteiger partial charge in [0.2, 0.25) is 6.41 Å². The molecule has 0 bridgehead atoms. The van der Waals surface area contributed by atoms with Gasteiger partial charge in [-0.3, -0.25) is 4.79 Å². The summed E-state index contributed by atoms with van der Waals surface area (Å²) in [5.41, 5.74) is 7.38. The predicted molar refractivity (Wildman–Crippen MR) is 129 cm³/mol. The van der Waals surface area contributed by atoms with Crippen molar-refractivity contribution < 1.29 is 13.9 Å². The van der Waals surface area contributed by atoms with Gasteiger partial charge in [-0.05, 0) is 55.4 Å². The van der Waals surface area contributed by atoms with Gasteiger partial charge in [0.1, 0.15) is 35.2 Å². The highest BCUT2D eigenvalue weighted by atomic mass is 19.1. The van der Waals surface area contributed by atoms with Crippen LogP contribution in [-0.2, 0) is 11.3 Å². The Morgan fingerprint density at radius 1 is 1.09 bits per heavy atom. The zero-order valence-electron chi connectivity index (χ0n) is 19.0. The quantitative estimate of drug-likeness (QED) is 0.404. The molecule has 1 saturated heterocycles. The number of amides is 1. The molecule has 6 rings (SSSR count). The van der Waals surface area contributed by atoms with E-state index in [0.717, 1.165) is 25.3 Å². The smallest absolute Gasteiger partial charge is 0.210 e. The van der Waals surface area contributed by atoms with Crippen LogP contribution in [0.1, 0.15) is 19.3 Å². The number of carbonyl (C=O) groups is 1. The number of benzene rings is 2. The van der Waals surface area contributed by atoms with Crippen LogP contribution in [0.2, 0.25) is 0 Å². The highest BCUT2D eigenvalue weighted by Gasteiger charge is 2.40. The van der Waals surface area contributed by atoms with Gasteiger partial charge in [-0.15, -0.1) is 0 Å². The van der Waals surface area contributed by atoms with Crippen LogP contribution in [-0.4, -0.2) is 43.6 Å². The van der Waals surface area contributed by atoms with Crippen molar-refractivity contribution in [3.8, 4) is 22.8 Å². The molecular formula is C26H25FN6O2. The molecule has 1 unspecified atom stereocenters. The third-order valence-corrected chi connectivity index (χ3v) is 7.03. The second kappa shape index (κ2) is 8.65. The number of ether oxygens (including phenoxy) is 1. The summed E-state index contributed by atoms with van der Waals surface area (Å²) >= 11 is 0. The van der Waals surface area contributed by atoms with Crippen LogP contribution in [0, 0.1) is 17.7 Å². The summed E-state index contributed by atoms with van der Waals surface area (Å²) in [5.74, 6) is 1.99. The minimum Gasteiger partial charge on any atom is -0.457 e. The minimum absolute atomic E-state index is 0.0109. The monoisotopic (exact) mass is 472 g/mol. The molecule has 2 atom stereocenters. The lowest BCUT2D eigenvalue weighted by Gasteiger charge is -2.19. The molecule has 2 N–H and O–H groups in total. The number of aromatic nitrogens is 4. The first-order valence-electron chi connectivity index (χ1n) is 11.8. The van der Waals surface area contributed by atoms with E-state index in [0.29, 0.717) is 40.7 Å². The van der Waals surface area contributed by atoms with Gasteiger partial charge in [-0.25, -0.2) is 19.0 Å². The van der Waals surface area contributed by atoms with Gasteiger partial charge in [0.25, 0.3) is 0 Å². The zero-order valence-corrected chi connectivity index (χ0v) is 19.0. The van der Waals surface area contributed by atoms with E-state index in [1.54, 1.807) is 28.9 Å². The van der Waals surface area contributed by atoms with E-state index in [9.17, 15) is 4.79 Å². The number of rotatable bonds is 7. The molecule has 0 spiro atoms. The Morgan fingerprint density at radius 2 is 1.91 bits per heavy atom. The molecular weight excluding hydrogens is 447 g/mol. The Balaban J connectivity index is 1.34. The van der Waals surface area contributed by atoms with Gasteiger partial charge in [-0.2, -0.15) is 5.10 Å². The van der Waals surface area contributed by atoms with E-state index in [1.165, 1.54) is 25.2 Å². The Hall–Kier alpha value is -4.01. The van der Waals surface area contributed by atoms with E-state index in [2.05, 4.69) is 9.97 Å². The summed E-state index contributed by atoms with van der Waals surface area (Å²) in [6.45, 7) is 1.24. The Labute approximate surface area is 201 Å². The number of nitrogens with zero attached hydrogens (tertiary/aromatic N) is 5. The van der Waals surface area contributed by atoms with Gasteiger partial charge in [-0.1, -0.05) is 18.2 Å². The fraction of sp³-hybridized carbons (Fsp3) is 0.308. The second-order valence-electron chi connectivity index (χ2n) is 9.33. The Morgan fingerprint density at radius 3 is 2.66 bits per heavy atom. The van der Waals surface area contributed by atoms with Crippen LogP contribution in [0.15, 0.2) is 54.9 Å². The molecule has 2 aromatic heterocycles. The summed E-state index contributed by atoms with van der Waals surface area (Å²) in [6, 6.07) is 13.9. The SMILES string of the molecule is Nc1ncnc2c1c(-c1ccc(Oc3ccccc3)cc1F)nn2C[C@H]1CC(C2CC2)CN1C=O. The number of hydrogen-bond donors (Lipinski definition) is 1. The maximum absolute atomic E-state index is 15.3. The molecule has 1 aliphatic heterocycles. The summed E-state index contributed by atoms with van der Waals surface area (Å²) in [6.07, 6.45) is 5.72. The number of nitrogens with two attached hydrogens (primary N) is 1. The molecule has 1 amide bonds. The first kappa shape index (κ1) is 21.5. The van der Waals surface area contributed by atoms with Gasteiger partial charge in [0, 0.05) is 18.2 Å². The highest BCUT2D eigenvalue weighted by molar-refractivity contribution is 5.98. The van der Waals surface area contributed by atoms with Crippen molar-refractivity contribution in [1.29, 1.82) is 0 Å². The summed E-state index contributed by atoms with van der Waals surface area (Å²) in [4.78, 5) is 22.1. The number of fused-ring (bicyclic) bond motifs is 1. The average molecular weight is 473 g/mol. The molecule has 2 fully saturated rings. The largest absolute Gasteiger partial charge is 0.457 e. The number of carbonyl (C=O) groups excluding carboxylic acids is 1. The van der Waals surface area contributed by atoms with Crippen LogP contribution in [0.3, 0.4) is 0 Å². The van der Waals surface area contributed by atoms with Gasteiger partial charge >= 0.3 is 0 Å². The van der Waals surface area contributed by atoms with E-state index >= 15 is 4.39 Å². The highest BCUT2D eigenvalue weighted by Crippen LogP contribution is 2.43. The van der Waals surface area contributed by atoms with Crippen LogP contribution in [0.25, 0.3) is 22.3 Å². The first-order valence-corrected chi connectivity index (χ1v) is 11.8. The van der Waals surface area contributed by atoms with Gasteiger partial charge < -0.3 is 15.4 Å². The third-order valence-electron chi connectivity index (χ3n) is 7.03. The molecule has 35 heavy (non-hydrogen) atoms. The topological polar surface area (TPSA) is 99.2 Å².